The predicted octanol–water partition coefficient (Wildman–Crippen LogP) is 3.64. The highest BCUT2D eigenvalue weighted by Crippen LogP contribution is 2.29. The highest BCUT2D eigenvalue weighted by atomic mass is 19.3. The number of hydrogen-bond acceptors (Lipinski definition) is 5. The van der Waals surface area contributed by atoms with Crippen molar-refractivity contribution in [2.24, 2.45) is 0 Å². The maximum Gasteiger partial charge on any atom is 0.256 e. The van der Waals surface area contributed by atoms with Crippen molar-refractivity contribution >= 4 is 10.9 Å². The topological polar surface area (TPSA) is 56.3 Å². The van der Waals surface area contributed by atoms with E-state index in [1.807, 2.05) is 31.2 Å². The molecule has 0 aliphatic carbocycles. The molecule has 6 nitrogen and oxygen atoms in total. The number of hydrogen-bond donors (Lipinski definition) is 0. The summed E-state index contributed by atoms with van der Waals surface area (Å²) in [5.41, 5.74) is 0.775. The van der Waals surface area contributed by atoms with Crippen molar-refractivity contribution in [1.29, 1.82) is 0 Å². The Morgan fingerprint density at radius 1 is 1.26 bits per heavy atom. The molecule has 144 valence electrons. The Morgan fingerprint density at radius 3 is 2.78 bits per heavy atom. The zero-order chi connectivity index (χ0) is 18.8. The van der Waals surface area contributed by atoms with E-state index in [2.05, 4.69) is 15.0 Å². The predicted molar refractivity (Wildman–Crippen MR) is 95.9 cm³/mol. The summed E-state index contributed by atoms with van der Waals surface area (Å²) in [5, 5.41) is 4.69. The normalized spacial score (nSPS) is 16.4. The Labute approximate surface area is 155 Å². The summed E-state index contributed by atoms with van der Waals surface area (Å²) < 4.78 is 38.4. The van der Waals surface area contributed by atoms with Crippen LogP contribution < -0.4 is 4.74 Å². The first-order valence-electron chi connectivity index (χ1n) is 9.12. The monoisotopic (exact) mass is 376 g/mol. The molecule has 0 bridgehead atoms. The van der Waals surface area contributed by atoms with Crippen LogP contribution in [-0.4, -0.2) is 45.2 Å². The summed E-state index contributed by atoms with van der Waals surface area (Å²) in [6.45, 7) is 3.92. The van der Waals surface area contributed by atoms with Crippen LogP contribution in [-0.2, 0) is 13.1 Å². The molecule has 0 unspecified atom stereocenters. The largest absolute Gasteiger partial charge is 0.490 e. The molecule has 0 spiro atoms. The molecule has 0 radical (unpaired) electrons. The van der Waals surface area contributed by atoms with Gasteiger partial charge in [0.1, 0.15) is 11.9 Å². The average Bonchev–Trinajstić information content (AvgIpc) is 3.23. The SMILES string of the molecule is Cc1noc(CN2CCC(Oc3cccc4c3ccn4CC(F)F)CC2)n1. The van der Waals surface area contributed by atoms with Crippen molar-refractivity contribution in [2.75, 3.05) is 13.1 Å². The molecule has 8 heteroatoms. The lowest BCUT2D eigenvalue weighted by molar-refractivity contribution is 0.0915. The summed E-state index contributed by atoms with van der Waals surface area (Å²) in [4.78, 5) is 6.51. The van der Waals surface area contributed by atoms with Crippen LogP contribution in [0.3, 0.4) is 0 Å². The highest BCUT2D eigenvalue weighted by molar-refractivity contribution is 5.86. The van der Waals surface area contributed by atoms with Gasteiger partial charge in [0.25, 0.3) is 6.43 Å². The smallest absolute Gasteiger partial charge is 0.256 e. The third-order valence-corrected chi connectivity index (χ3v) is 4.87. The summed E-state index contributed by atoms with van der Waals surface area (Å²) in [5.74, 6) is 2.04. The van der Waals surface area contributed by atoms with E-state index >= 15 is 0 Å². The molecular weight excluding hydrogens is 354 g/mol. The molecule has 0 amide bonds. The molecule has 3 aromatic rings. The number of halogens is 2. The van der Waals surface area contributed by atoms with Gasteiger partial charge >= 0.3 is 0 Å². The molecular formula is C19H22F2N4O2. The minimum atomic E-state index is -2.38. The summed E-state index contributed by atoms with van der Waals surface area (Å²) in [6.07, 6.45) is 1.20. The van der Waals surface area contributed by atoms with E-state index in [1.165, 1.54) is 0 Å². The first kappa shape index (κ1) is 17.9. The van der Waals surface area contributed by atoms with Crippen LogP contribution in [0.25, 0.3) is 10.9 Å². The fourth-order valence-electron chi connectivity index (χ4n) is 3.57. The summed E-state index contributed by atoms with van der Waals surface area (Å²) in [6, 6.07) is 7.45. The van der Waals surface area contributed by atoms with Gasteiger partial charge in [-0.05, 0) is 38.0 Å². The van der Waals surface area contributed by atoms with Gasteiger partial charge in [-0.1, -0.05) is 11.2 Å². The molecule has 1 aliphatic rings. The van der Waals surface area contributed by atoms with Crippen molar-refractivity contribution in [2.45, 2.75) is 45.4 Å². The van der Waals surface area contributed by atoms with Crippen molar-refractivity contribution in [1.82, 2.24) is 19.6 Å². The number of aryl methyl sites for hydroxylation is 1. The molecule has 3 heterocycles. The highest BCUT2D eigenvalue weighted by Gasteiger charge is 2.23. The van der Waals surface area contributed by atoms with E-state index in [4.69, 9.17) is 9.26 Å². The maximum atomic E-state index is 12.7. The second-order valence-corrected chi connectivity index (χ2v) is 6.88. The number of aromatic nitrogens is 3. The number of ether oxygens (including phenoxy) is 1. The Balaban J connectivity index is 1.38. The lowest BCUT2D eigenvalue weighted by Crippen LogP contribution is -2.37. The van der Waals surface area contributed by atoms with Gasteiger partial charge in [-0.15, -0.1) is 0 Å². The fourth-order valence-corrected chi connectivity index (χ4v) is 3.57. The van der Waals surface area contributed by atoms with Gasteiger partial charge in [0.2, 0.25) is 5.89 Å². The van der Waals surface area contributed by atoms with Crippen LogP contribution in [0.4, 0.5) is 8.78 Å². The molecule has 27 heavy (non-hydrogen) atoms. The second kappa shape index (κ2) is 7.64. The van der Waals surface area contributed by atoms with E-state index in [9.17, 15) is 8.78 Å². The molecule has 0 saturated carbocycles. The minimum absolute atomic E-state index is 0.106. The minimum Gasteiger partial charge on any atom is -0.490 e. The van der Waals surface area contributed by atoms with Crippen LogP contribution in [0.1, 0.15) is 24.6 Å². The van der Waals surface area contributed by atoms with Crippen LogP contribution in [0.2, 0.25) is 0 Å². The van der Waals surface area contributed by atoms with Crippen molar-refractivity contribution in [3.05, 3.63) is 42.2 Å². The van der Waals surface area contributed by atoms with Crippen molar-refractivity contribution < 1.29 is 18.0 Å². The van der Waals surface area contributed by atoms with Crippen LogP contribution in [0.15, 0.2) is 35.0 Å². The fraction of sp³-hybridized carbons (Fsp3) is 0.474. The molecule has 1 fully saturated rings. The molecule has 4 rings (SSSR count). The molecule has 0 atom stereocenters. The lowest BCUT2D eigenvalue weighted by Gasteiger charge is -2.31. The lowest BCUT2D eigenvalue weighted by atomic mass is 10.1. The van der Waals surface area contributed by atoms with Gasteiger partial charge in [-0.2, -0.15) is 4.98 Å². The Kier molecular flexibility index (Phi) is 5.07. The van der Waals surface area contributed by atoms with Gasteiger partial charge in [-0.3, -0.25) is 4.90 Å². The summed E-state index contributed by atoms with van der Waals surface area (Å²) >= 11 is 0. The number of piperidine rings is 1. The molecule has 1 saturated heterocycles. The number of rotatable bonds is 6. The van der Waals surface area contributed by atoms with Gasteiger partial charge in [0.15, 0.2) is 5.82 Å². The third-order valence-electron chi connectivity index (χ3n) is 4.87. The zero-order valence-electron chi connectivity index (χ0n) is 15.1. The Bertz CT molecular complexity index is 900. The summed E-state index contributed by atoms with van der Waals surface area (Å²) in [7, 11) is 0. The van der Waals surface area contributed by atoms with E-state index in [1.54, 1.807) is 10.8 Å². The third kappa shape index (κ3) is 4.10. The van der Waals surface area contributed by atoms with Crippen molar-refractivity contribution in [3.63, 3.8) is 0 Å². The standard InChI is InChI=1S/C19H22F2N4O2/c1-13-22-19(27-23-13)12-24-8-5-14(6-9-24)26-17-4-2-3-16-15(17)7-10-25(16)11-18(20)21/h2-4,7,10,14,18H,5-6,8-9,11-12H2,1H3. The molecule has 1 aromatic carbocycles. The van der Waals surface area contributed by atoms with Gasteiger partial charge in [0, 0.05) is 24.7 Å². The van der Waals surface area contributed by atoms with E-state index < -0.39 is 6.43 Å². The van der Waals surface area contributed by atoms with E-state index in [-0.39, 0.29) is 12.6 Å². The van der Waals surface area contributed by atoms with E-state index in [0.717, 1.165) is 42.6 Å². The quantitative estimate of drug-likeness (QED) is 0.657. The van der Waals surface area contributed by atoms with Crippen LogP contribution in [0, 0.1) is 6.92 Å². The molecule has 0 N–H and O–H groups in total. The number of likely N-dealkylation sites (tertiary alicyclic amines) is 1. The Morgan fingerprint density at radius 2 is 2.07 bits per heavy atom. The van der Waals surface area contributed by atoms with Gasteiger partial charge in [-0.25, -0.2) is 8.78 Å². The maximum absolute atomic E-state index is 12.7. The second-order valence-electron chi connectivity index (χ2n) is 6.88. The van der Waals surface area contributed by atoms with Crippen LogP contribution in [0.5, 0.6) is 5.75 Å². The first-order valence-corrected chi connectivity index (χ1v) is 9.12. The average molecular weight is 376 g/mol. The van der Waals surface area contributed by atoms with Gasteiger partial charge < -0.3 is 13.8 Å². The number of nitrogens with zero attached hydrogens (tertiary/aromatic N) is 4. The van der Waals surface area contributed by atoms with E-state index in [0.29, 0.717) is 18.3 Å². The van der Waals surface area contributed by atoms with Gasteiger partial charge in [0.05, 0.1) is 18.6 Å². The number of fused-ring (bicyclic) bond motifs is 1. The number of alkyl halides is 2. The Hall–Kier alpha value is -2.48. The van der Waals surface area contributed by atoms with Crippen LogP contribution >= 0.6 is 0 Å². The van der Waals surface area contributed by atoms with Crippen molar-refractivity contribution in [3.8, 4) is 5.75 Å². The molecule has 2 aromatic heterocycles. The first-order chi connectivity index (χ1) is 13.1. The number of benzene rings is 1. The molecule has 1 aliphatic heterocycles. The zero-order valence-corrected chi connectivity index (χ0v) is 15.1.